The van der Waals surface area contributed by atoms with Gasteiger partial charge >= 0.3 is 11.9 Å². The van der Waals surface area contributed by atoms with E-state index in [4.69, 9.17) is 14.2 Å². The minimum atomic E-state index is -0.945. The van der Waals surface area contributed by atoms with Gasteiger partial charge in [0.15, 0.2) is 6.10 Å². The normalized spacial score (nSPS) is 30.6. The van der Waals surface area contributed by atoms with Gasteiger partial charge in [-0.05, 0) is 49.1 Å². The summed E-state index contributed by atoms with van der Waals surface area (Å²) in [5.41, 5.74) is 1.49. The second-order valence-electron chi connectivity index (χ2n) is 8.70. The van der Waals surface area contributed by atoms with Gasteiger partial charge in [-0.25, -0.2) is 0 Å². The molecule has 1 aliphatic heterocycles. The number of ketones is 1. The van der Waals surface area contributed by atoms with Crippen molar-refractivity contribution in [2.24, 2.45) is 23.7 Å². The summed E-state index contributed by atoms with van der Waals surface area (Å²) in [5, 5.41) is 0. The molecule has 2 aliphatic carbocycles. The summed E-state index contributed by atoms with van der Waals surface area (Å²) >= 11 is 3.59. The zero-order valence-corrected chi connectivity index (χ0v) is 19.1. The van der Waals surface area contributed by atoms with Crippen molar-refractivity contribution in [2.45, 2.75) is 37.0 Å². The van der Waals surface area contributed by atoms with Gasteiger partial charge in [0, 0.05) is 11.5 Å². The molecule has 0 radical (unpaired) electrons. The highest BCUT2D eigenvalue weighted by molar-refractivity contribution is 9.09. The van der Waals surface area contributed by atoms with Crippen LogP contribution in [0.2, 0.25) is 0 Å². The molecule has 2 saturated carbocycles. The van der Waals surface area contributed by atoms with Gasteiger partial charge in [-0.1, -0.05) is 46.3 Å². The molecule has 0 aromatic heterocycles. The van der Waals surface area contributed by atoms with Crippen LogP contribution in [0.4, 0.5) is 0 Å². The van der Waals surface area contributed by atoms with Gasteiger partial charge < -0.3 is 14.2 Å². The van der Waals surface area contributed by atoms with Crippen molar-refractivity contribution in [3.8, 4) is 5.75 Å². The molecule has 0 spiro atoms. The number of hydrogen-bond donors (Lipinski definition) is 0. The van der Waals surface area contributed by atoms with E-state index in [1.807, 2.05) is 30.3 Å². The topological polar surface area (TPSA) is 78.9 Å². The largest absolute Gasteiger partial charge is 0.489 e. The molecule has 1 heterocycles. The lowest BCUT2D eigenvalue weighted by Gasteiger charge is -2.27. The van der Waals surface area contributed by atoms with Gasteiger partial charge in [0.2, 0.25) is 5.78 Å². The summed E-state index contributed by atoms with van der Waals surface area (Å²) in [5.74, 6) is -1.41. The Balaban J connectivity index is 1.20. The quantitative estimate of drug-likeness (QED) is 0.326. The first-order chi connectivity index (χ1) is 15.4. The van der Waals surface area contributed by atoms with E-state index in [2.05, 4.69) is 15.9 Å². The number of alkyl halides is 1. The van der Waals surface area contributed by atoms with Crippen molar-refractivity contribution in [1.29, 1.82) is 0 Å². The molecule has 32 heavy (non-hydrogen) atoms. The lowest BCUT2D eigenvalue weighted by molar-refractivity contribution is -0.157. The zero-order valence-electron chi connectivity index (χ0n) is 17.5. The van der Waals surface area contributed by atoms with Gasteiger partial charge in [0.1, 0.15) is 18.5 Å². The van der Waals surface area contributed by atoms with E-state index in [-0.39, 0.29) is 34.5 Å². The molecule has 7 atom stereocenters. The molecule has 3 fully saturated rings. The number of halogens is 1. The van der Waals surface area contributed by atoms with Crippen molar-refractivity contribution in [3.05, 3.63) is 65.7 Å². The highest BCUT2D eigenvalue weighted by atomic mass is 79.9. The number of carbonyl (C=O) groups is 3. The summed E-state index contributed by atoms with van der Waals surface area (Å²) in [6.07, 6.45) is -0.327. The second-order valence-corrected chi connectivity index (χ2v) is 9.76. The summed E-state index contributed by atoms with van der Waals surface area (Å²) in [6.45, 7) is 2.00. The third kappa shape index (κ3) is 3.62. The van der Waals surface area contributed by atoms with Crippen LogP contribution in [0.25, 0.3) is 0 Å². The molecular weight excluding hydrogens is 476 g/mol. The first-order valence-corrected chi connectivity index (χ1v) is 11.7. The molecule has 2 aromatic rings. The third-order valence-electron chi connectivity index (χ3n) is 6.84. The number of carbonyl (C=O) groups excluding carboxylic acids is 3. The minimum Gasteiger partial charge on any atom is -0.489 e. The van der Waals surface area contributed by atoms with Crippen LogP contribution in [0, 0.1) is 23.7 Å². The number of esters is 2. The Morgan fingerprint density at radius 2 is 1.81 bits per heavy atom. The van der Waals surface area contributed by atoms with Crippen LogP contribution in [-0.4, -0.2) is 34.8 Å². The number of rotatable bonds is 7. The maximum atomic E-state index is 12.9. The van der Waals surface area contributed by atoms with Crippen molar-refractivity contribution < 1.29 is 28.6 Å². The van der Waals surface area contributed by atoms with E-state index in [1.54, 1.807) is 31.2 Å². The molecule has 6 nitrogen and oxygen atoms in total. The molecule has 2 bridgehead atoms. The first kappa shape index (κ1) is 21.2. The van der Waals surface area contributed by atoms with Gasteiger partial charge in [-0.15, -0.1) is 0 Å². The van der Waals surface area contributed by atoms with E-state index in [9.17, 15) is 14.4 Å². The monoisotopic (exact) mass is 498 g/mol. The molecule has 3 aliphatic rings. The zero-order chi connectivity index (χ0) is 22.4. The Kier molecular flexibility index (Phi) is 5.53. The predicted molar refractivity (Wildman–Crippen MR) is 118 cm³/mol. The lowest BCUT2D eigenvalue weighted by atomic mass is 9.80. The smallest absolute Gasteiger partial charge is 0.310 e. The Morgan fingerprint density at radius 3 is 2.53 bits per heavy atom. The Morgan fingerprint density at radius 1 is 1.09 bits per heavy atom. The van der Waals surface area contributed by atoms with Gasteiger partial charge in [0.05, 0.1) is 16.7 Å². The molecule has 0 N–H and O–H groups in total. The number of benzene rings is 2. The maximum Gasteiger partial charge on any atom is 0.310 e. The average Bonchev–Trinajstić information content (AvgIpc) is 3.42. The Labute approximate surface area is 194 Å². The van der Waals surface area contributed by atoms with E-state index >= 15 is 0 Å². The molecule has 0 unspecified atom stereocenters. The van der Waals surface area contributed by atoms with Crippen LogP contribution in [0.5, 0.6) is 5.75 Å². The van der Waals surface area contributed by atoms with E-state index in [1.165, 1.54) is 0 Å². The fourth-order valence-corrected chi connectivity index (χ4v) is 6.34. The highest BCUT2D eigenvalue weighted by Crippen LogP contribution is 2.60. The number of hydrogen-bond acceptors (Lipinski definition) is 6. The van der Waals surface area contributed by atoms with Crippen molar-refractivity contribution in [3.63, 3.8) is 0 Å². The van der Waals surface area contributed by atoms with Crippen LogP contribution in [-0.2, 0) is 25.7 Å². The fraction of sp³-hybridized carbons (Fsp3) is 0.400. The van der Waals surface area contributed by atoms with E-state index in [0.717, 1.165) is 12.0 Å². The summed E-state index contributed by atoms with van der Waals surface area (Å²) < 4.78 is 16.7. The highest BCUT2D eigenvalue weighted by Gasteiger charge is 2.68. The van der Waals surface area contributed by atoms with Crippen LogP contribution in [0.15, 0.2) is 54.6 Å². The summed E-state index contributed by atoms with van der Waals surface area (Å²) in [6, 6.07) is 16.6. The van der Waals surface area contributed by atoms with Crippen molar-refractivity contribution in [2.75, 3.05) is 0 Å². The Bertz CT molecular complexity index is 1040. The SMILES string of the molecule is C[C@H](OC(=O)[C@@H]1[C@H]2C[C@H]3[C@H](OC(=O)[C@H]31)[C@@H]2Br)C(=O)c1ccc(OCc2ccccc2)cc1. The molecule has 1 saturated heterocycles. The first-order valence-electron chi connectivity index (χ1n) is 10.8. The summed E-state index contributed by atoms with van der Waals surface area (Å²) in [4.78, 5) is 37.9. The minimum absolute atomic E-state index is 0.00250. The third-order valence-corrected chi connectivity index (χ3v) is 8.04. The molecule has 5 rings (SSSR count). The number of Topliss-reactive ketones (excluding diaryl/α,β-unsaturated/α-hetero) is 1. The Hall–Kier alpha value is -2.67. The van der Waals surface area contributed by atoms with Crippen LogP contribution >= 0.6 is 15.9 Å². The van der Waals surface area contributed by atoms with Gasteiger partial charge in [-0.2, -0.15) is 0 Å². The molecule has 0 amide bonds. The standard InChI is InChI=1S/C25H23BrO6/c1-13(31-24(28)19-17-11-18-20(19)25(29)32-23(18)21(17)26)22(27)15-7-9-16(10-8-15)30-12-14-5-3-2-4-6-14/h2-10,13,17-21,23H,11-12H2,1H3/t13-,17+,18+,19+,20+,21+,23-/m0/s1. The van der Waals surface area contributed by atoms with Gasteiger partial charge in [0.25, 0.3) is 0 Å². The fourth-order valence-electron chi connectivity index (χ4n) is 5.29. The molecule has 2 aromatic carbocycles. The maximum absolute atomic E-state index is 12.9. The van der Waals surface area contributed by atoms with Crippen LogP contribution < -0.4 is 4.74 Å². The predicted octanol–water partition coefficient (Wildman–Crippen LogP) is 3.95. The summed E-state index contributed by atoms with van der Waals surface area (Å²) in [7, 11) is 0. The average molecular weight is 499 g/mol. The molecule has 7 heteroatoms. The lowest BCUT2D eigenvalue weighted by Crippen LogP contribution is -2.40. The molecule has 166 valence electrons. The van der Waals surface area contributed by atoms with Gasteiger partial charge in [-0.3, -0.25) is 14.4 Å². The van der Waals surface area contributed by atoms with E-state index < -0.39 is 23.9 Å². The second kappa shape index (κ2) is 8.35. The van der Waals surface area contributed by atoms with Crippen LogP contribution in [0.1, 0.15) is 29.3 Å². The number of ether oxygens (including phenoxy) is 3. The molecular formula is C25H23BrO6. The van der Waals surface area contributed by atoms with Crippen molar-refractivity contribution in [1.82, 2.24) is 0 Å². The van der Waals surface area contributed by atoms with Crippen LogP contribution in [0.3, 0.4) is 0 Å². The van der Waals surface area contributed by atoms with E-state index in [0.29, 0.717) is 17.9 Å². The van der Waals surface area contributed by atoms with Crippen molar-refractivity contribution >= 4 is 33.7 Å². The number of fused-ring (bicyclic) bond motifs is 1.